The fraction of sp³-hybridized carbons (Fsp3) is 0.524. The van der Waals surface area contributed by atoms with Crippen LogP contribution in [0, 0.1) is 0 Å². The molecule has 1 aliphatic carbocycles. The van der Waals surface area contributed by atoms with Crippen LogP contribution in [0.2, 0.25) is 0 Å². The van der Waals surface area contributed by atoms with E-state index in [-0.39, 0.29) is 18.2 Å². The molecular weight excluding hydrogens is 384 g/mol. The van der Waals surface area contributed by atoms with Crippen molar-refractivity contribution in [2.24, 2.45) is 5.11 Å². The van der Waals surface area contributed by atoms with Gasteiger partial charge < -0.3 is 19.1 Å². The fourth-order valence-corrected chi connectivity index (χ4v) is 4.07. The summed E-state index contributed by atoms with van der Waals surface area (Å²) in [4.78, 5) is 33.0. The zero-order valence-electron chi connectivity index (χ0n) is 17.4. The van der Waals surface area contributed by atoms with Crippen molar-refractivity contribution in [3.8, 4) is 0 Å². The van der Waals surface area contributed by atoms with Gasteiger partial charge in [-0.1, -0.05) is 12.0 Å². The molecule has 2 fully saturated rings. The molecule has 0 spiro atoms. The zero-order valence-corrected chi connectivity index (χ0v) is 17.4. The number of anilines is 1. The smallest absolute Gasteiger partial charge is 0.343 e. The maximum Gasteiger partial charge on any atom is 0.343 e. The second-order valence-electron chi connectivity index (χ2n) is 7.70. The lowest BCUT2D eigenvalue weighted by Crippen LogP contribution is -2.46. The Bertz CT molecular complexity index is 1080. The molecule has 0 N–H and O–H groups in total. The molecule has 1 saturated heterocycles. The SMILES string of the molecule is CCOC(=O)c1cn(C2CC2)c2cc(N3CCN(CC)CC3)c(N=[N+]=[N-])cc2c1=O. The largest absolute Gasteiger partial charge is 0.462 e. The minimum Gasteiger partial charge on any atom is -0.462 e. The van der Waals surface area contributed by atoms with E-state index in [2.05, 4.69) is 26.7 Å². The van der Waals surface area contributed by atoms with Crippen molar-refractivity contribution >= 4 is 28.2 Å². The van der Waals surface area contributed by atoms with Crippen molar-refractivity contribution in [3.63, 3.8) is 0 Å². The molecule has 0 radical (unpaired) electrons. The van der Waals surface area contributed by atoms with E-state index in [9.17, 15) is 9.59 Å². The molecule has 2 aromatic rings. The first kappa shape index (κ1) is 20.3. The van der Waals surface area contributed by atoms with Crippen LogP contribution in [0.4, 0.5) is 11.4 Å². The molecule has 0 amide bonds. The van der Waals surface area contributed by atoms with E-state index in [1.54, 1.807) is 19.2 Å². The molecule has 30 heavy (non-hydrogen) atoms. The first-order valence-electron chi connectivity index (χ1n) is 10.5. The number of rotatable bonds is 6. The quantitative estimate of drug-likeness (QED) is 0.313. The van der Waals surface area contributed by atoms with Gasteiger partial charge in [0.2, 0.25) is 5.43 Å². The van der Waals surface area contributed by atoms with Gasteiger partial charge in [-0.3, -0.25) is 4.79 Å². The highest BCUT2D eigenvalue weighted by Crippen LogP contribution is 2.40. The van der Waals surface area contributed by atoms with Crippen LogP contribution in [0.3, 0.4) is 0 Å². The molecule has 1 aliphatic heterocycles. The molecule has 9 heteroatoms. The number of benzene rings is 1. The fourth-order valence-electron chi connectivity index (χ4n) is 4.07. The van der Waals surface area contributed by atoms with Gasteiger partial charge in [-0.25, -0.2) is 4.79 Å². The predicted octanol–water partition coefficient (Wildman–Crippen LogP) is 3.60. The molecule has 158 valence electrons. The Kier molecular flexibility index (Phi) is 5.65. The summed E-state index contributed by atoms with van der Waals surface area (Å²) in [5.41, 5.74) is 10.7. The summed E-state index contributed by atoms with van der Waals surface area (Å²) >= 11 is 0. The third kappa shape index (κ3) is 3.74. The highest BCUT2D eigenvalue weighted by Gasteiger charge is 2.28. The van der Waals surface area contributed by atoms with Gasteiger partial charge in [0.1, 0.15) is 5.56 Å². The number of hydrogen-bond acceptors (Lipinski definition) is 6. The number of aromatic nitrogens is 1. The Morgan fingerprint density at radius 2 is 1.97 bits per heavy atom. The lowest BCUT2D eigenvalue weighted by molar-refractivity contribution is 0.0524. The van der Waals surface area contributed by atoms with Crippen LogP contribution in [0.15, 0.2) is 28.2 Å². The van der Waals surface area contributed by atoms with Crippen LogP contribution in [0.25, 0.3) is 21.3 Å². The van der Waals surface area contributed by atoms with Gasteiger partial charge in [0, 0.05) is 54.4 Å². The molecule has 9 nitrogen and oxygen atoms in total. The number of likely N-dealkylation sites (N-methyl/N-ethyl adjacent to an activating group) is 1. The van der Waals surface area contributed by atoms with Crippen LogP contribution < -0.4 is 10.3 Å². The second-order valence-corrected chi connectivity index (χ2v) is 7.70. The van der Waals surface area contributed by atoms with E-state index in [1.165, 1.54) is 0 Å². The first-order chi connectivity index (χ1) is 14.6. The Hall–Kier alpha value is -3.03. The summed E-state index contributed by atoms with van der Waals surface area (Å²) in [5.74, 6) is -0.621. The van der Waals surface area contributed by atoms with Crippen LogP contribution in [-0.2, 0) is 4.74 Å². The minimum atomic E-state index is -0.621. The molecular formula is C21H26N6O3. The van der Waals surface area contributed by atoms with E-state index in [0.717, 1.165) is 56.8 Å². The number of piperazine rings is 1. The van der Waals surface area contributed by atoms with Crippen LogP contribution in [0.5, 0.6) is 0 Å². The van der Waals surface area contributed by atoms with Crippen molar-refractivity contribution in [2.45, 2.75) is 32.7 Å². The number of carbonyl (C=O) groups is 1. The van der Waals surface area contributed by atoms with Gasteiger partial charge in [-0.2, -0.15) is 0 Å². The van der Waals surface area contributed by atoms with Gasteiger partial charge in [-0.05, 0) is 44.0 Å². The average molecular weight is 410 g/mol. The van der Waals surface area contributed by atoms with Crippen molar-refractivity contribution in [1.29, 1.82) is 0 Å². The zero-order chi connectivity index (χ0) is 21.3. The Morgan fingerprint density at radius 3 is 2.57 bits per heavy atom. The van der Waals surface area contributed by atoms with Crippen molar-refractivity contribution < 1.29 is 9.53 Å². The number of hydrogen-bond donors (Lipinski definition) is 0. The summed E-state index contributed by atoms with van der Waals surface area (Å²) in [7, 11) is 0. The Labute approximate surface area is 174 Å². The Balaban J connectivity index is 1.88. The molecule has 4 rings (SSSR count). The summed E-state index contributed by atoms with van der Waals surface area (Å²) in [6, 6.07) is 3.83. The number of ether oxygens (including phenoxy) is 1. The van der Waals surface area contributed by atoms with Crippen LogP contribution in [0.1, 0.15) is 43.1 Å². The number of fused-ring (bicyclic) bond motifs is 1. The second kappa shape index (κ2) is 8.38. The molecule has 0 bridgehead atoms. The number of azide groups is 1. The van der Waals surface area contributed by atoms with Gasteiger partial charge in [0.15, 0.2) is 0 Å². The predicted molar refractivity (Wildman–Crippen MR) is 116 cm³/mol. The van der Waals surface area contributed by atoms with Crippen molar-refractivity contribution in [1.82, 2.24) is 9.47 Å². The standard InChI is InChI=1S/C21H26N6O3/c1-3-25-7-9-26(10-8-25)19-12-18-15(11-17(19)23-24-22)20(28)16(21(29)30-4-2)13-27(18)14-5-6-14/h11-14H,3-10H2,1-2H3. The lowest BCUT2D eigenvalue weighted by atomic mass is 10.1. The van der Waals surface area contributed by atoms with Crippen molar-refractivity contribution in [2.75, 3.05) is 44.2 Å². The number of esters is 1. The van der Waals surface area contributed by atoms with E-state index in [0.29, 0.717) is 11.1 Å². The Morgan fingerprint density at radius 1 is 1.23 bits per heavy atom. The third-order valence-electron chi connectivity index (χ3n) is 5.88. The number of nitrogens with zero attached hydrogens (tertiary/aromatic N) is 6. The molecule has 2 heterocycles. The molecule has 2 aliphatic rings. The highest BCUT2D eigenvalue weighted by molar-refractivity contribution is 5.96. The normalized spacial score (nSPS) is 17.1. The molecule has 0 unspecified atom stereocenters. The molecule has 1 aromatic carbocycles. The maximum atomic E-state index is 13.1. The van der Waals surface area contributed by atoms with Gasteiger partial charge in [0.25, 0.3) is 0 Å². The average Bonchev–Trinajstić information content (AvgIpc) is 3.60. The number of pyridine rings is 1. The lowest BCUT2D eigenvalue weighted by Gasteiger charge is -2.36. The van der Waals surface area contributed by atoms with E-state index in [4.69, 9.17) is 10.3 Å². The third-order valence-corrected chi connectivity index (χ3v) is 5.88. The maximum absolute atomic E-state index is 13.1. The van der Waals surface area contributed by atoms with Gasteiger partial charge >= 0.3 is 5.97 Å². The van der Waals surface area contributed by atoms with Gasteiger partial charge in [0.05, 0.1) is 17.8 Å². The summed E-state index contributed by atoms with van der Waals surface area (Å²) in [6.45, 7) is 8.57. The monoisotopic (exact) mass is 410 g/mol. The number of carbonyl (C=O) groups excluding carboxylic acids is 1. The molecule has 1 aromatic heterocycles. The highest BCUT2D eigenvalue weighted by atomic mass is 16.5. The summed E-state index contributed by atoms with van der Waals surface area (Å²) < 4.78 is 7.09. The van der Waals surface area contributed by atoms with Gasteiger partial charge in [-0.15, -0.1) is 0 Å². The van der Waals surface area contributed by atoms with Crippen LogP contribution in [-0.4, -0.2) is 54.8 Å². The van der Waals surface area contributed by atoms with E-state index >= 15 is 0 Å². The van der Waals surface area contributed by atoms with Crippen LogP contribution >= 0.6 is 0 Å². The first-order valence-corrected chi connectivity index (χ1v) is 10.5. The molecule has 1 saturated carbocycles. The summed E-state index contributed by atoms with van der Waals surface area (Å²) in [5, 5.41) is 4.25. The van der Waals surface area contributed by atoms with E-state index in [1.807, 2.05) is 10.6 Å². The molecule has 0 atom stereocenters. The topological polar surface area (TPSA) is 104 Å². The summed E-state index contributed by atoms with van der Waals surface area (Å²) in [6.07, 6.45) is 3.64. The minimum absolute atomic E-state index is 0.0208. The van der Waals surface area contributed by atoms with Crippen molar-refractivity contribution in [3.05, 3.63) is 44.6 Å². The van der Waals surface area contributed by atoms with E-state index < -0.39 is 11.4 Å².